The van der Waals surface area contributed by atoms with E-state index < -0.39 is 18.0 Å². The number of aliphatic carboxylic acids is 2. The van der Waals surface area contributed by atoms with E-state index in [1.165, 1.54) is 0 Å². The fraction of sp³-hybridized carbons (Fsp3) is 0.421. The van der Waals surface area contributed by atoms with Crippen LogP contribution < -0.4 is 5.32 Å². The van der Waals surface area contributed by atoms with E-state index in [-0.39, 0.29) is 17.9 Å². The monoisotopic (exact) mass is 396 g/mol. The average molecular weight is 396 g/mol. The first kappa shape index (κ1) is 25.1. The van der Waals surface area contributed by atoms with Gasteiger partial charge in [0, 0.05) is 29.8 Å². The number of benzene rings is 1. The molecule has 9 heteroatoms. The lowest BCUT2D eigenvalue weighted by atomic mass is 10.1. The zero-order chi connectivity index (χ0) is 21.7. The zero-order valence-corrected chi connectivity index (χ0v) is 16.4. The molecule has 1 aromatic rings. The van der Waals surface area contributed by atoms with Gasteiger partial charge in [-0.05, 0) is 39.8 Å². The van der Waals surface area contributed by atoms with E-state index in [9.17, 15) is 19.8 Å². The minimum absolute atomic E-state index is 0.0456. The van der Waals surface area contributed by atoms with Crippen molar-refractivity contribution < 1.29 is 34.9 Å². The summed E-state index contributed by atoms with van der Waals surface area (Å²) in [5.74, 6) is -2.35. The molecular formula is C19H28N2O7. The van der Waals surface area contributed by atoms with E-state index in [1.54, 1.807) is 25.1 Å². The van der Waals surface area contributed by atoms with Gasteiger partial charge in [0.15, 0.2) is 0 Å². The molecule has 1 rings (SSSR count). The van der Waals surface area contributed by atoms with Crippen molar-refractivity contribution in [1.82, 2.24) is 5.32 Å². The molecule has 0 heterocycles. The maximum Gasteiger partial charge on any atom is 0.328 e. The number of aromatic hydroxyl groups is 1. The quantitative estimate of drug-likeness (QED) is 0.253. The van der Waals surface area contributed by atoms with Gasteiger partial charge in [-0.15, -0.1) is 0 Å². The molecule has 0 saturated carbocycles. The van der Waals surface area contributed by atoms with Crippen molar-refractivity contribution >= 4 is 17.7 Å². The molecule has 0 aromatic heterocycles. The Morgan fingerprint density at radius 2 is 1.71 bits per heavy atom. The van der Waals surface area contributed by atoms with Crippen LogP contribution in [0.2, 0.25) is 0 Å². The van der Waals surface area contributed by atoms with Crippen molar-refractivity contribution in [1.29, 1.82) is 0 Å². The van der Waals surface area contributed by atoms with E-state index in [4.69, 9.17) is 15.1 Å². The number of hydrogen-bond acceptors (Lipinski definition) is 7. The first-order valence-electron chi connectivity index (χ1n) is 8.44. The molecule has 9 nitrogen and oxygen atoms in total. The fourth-order valence-electron chi connectivity index (χ4n) is 1.67. The van der Waals surface area contributed by atoms with Crippen LogP contribution in [0.3, 0.4) is 0 Å². The van der Waals surface area contributed by atoms with E-state index in [0.29, 0.717) is 30.0 Å². The predicted octanol–water partition coefficient (Wildman–Crippen LogP) is 1.59. The second-order valence-electron chi connectivity index (χ2n) is 6.78. The molecule has 28 heavy (non-hydrogen) atoms. The van der Waals surface area contributed by atoms with Crippen LogP contribution in [0.25, 0.3) is 0 Å². The molecule has 1 unspecified atom stereocenters. The first-order chi connectivity index (χ1) is 12.9. The Morgan fingerprint density at radius 1 is 1.18 bits per heavy atom. The number of carboxylic acid groups (broad SMARTS) is 2. The summed E-state index contributed by atoms with van der Waals surface area (Å²) in [6, 6.07) is 6.91. The SMILES string of the molecule is C/C(=N\OCC(O)CNC(C)(C)C)c1ccccc1O.O=C(O)/C=C\C(=O)O. The number of para-hydroxylation sites is 1. The highest BCUT2D eigenvalue weighted by atomic mass is 16.6. The molecule has 1 atom stereocenters. The highest BCUT2D eigenvalue weighted by Gasteiger charge is 2.12. The summed E-state index contributed by atoms with van der Waals surface area (Å²) in [5.41, 5.74) is 1.14. The summed E-state index contributed by atoms with van der Waals surface area (Å²) in [4.78, 5) is 24.2. The molecule has 0 spiro atoms. The van der Waals surface area contributed by atoms with Crippen molar-refractivity contribution in [3.05, 3.63) is 42.0 Å². The number of oxime groups is 1. The van der Waals surface area contributed by atoms with Gasteiger partial charge < -0.3 is 30.6 Å². The van der Waals surface area contributed by atoms with Crippen molar-refractivity contribution in [3.8, 4) is 5.75 Å². The minimum Gasteiger partial charge on any atom is -0.507 e. The molecule has 0 aliphatic rings. The molecule has 0 amide bonds. The Morgan fingerprint density at radius 3 is 2.18 bits per heavy atom. The van der Waals surface area contributed by atoms with Crippen LogP contribution in [0.15, 0.2) is 41.6 Å². The standard InChI is InChI=1S/C15H24N2O3.C4H4O4/c1-11(13-7-5-6-8-14(13)19)17-20-10-12(18)9-16-15(2,3)4;5-3(6)1-2-4(7)8/h5-8,12,16,18-19H,9-10H2,1-4H3;1-2H,(H,5,6)(H,7,8)/b17-11+;2-1-. The van der Waals surface area contributed by atoms with E-state index in [0.717, 1.165) is 0 Å². The van der Waals surface area contributed by atoms with Crippen molar-refractivity contribution in [2.24, 2.45) is 5.16 Å². The number of phenolic OH excluding ortho intramolecular Hbond substituents is 1. The Bertz CT molecular complexity index is 678. The number of aliphatic hydroxyl groups excluding tert-OH is 1. The molecule has 0 aliphatic heterocycles. The van der Waals surface area contributed by atoms with Crippen molar-refractivity contribution in [3.63, 3.8) is 0 Å². The molecule has 5 N–H and O–H groups in total. The molecule has 1 aromatic carbocycles. The molecule has 156 valence electrons. The topological polar surface area (TPSA) is 149 Å². The lowest BCUT2D eigenvalue weighted by Crippen LogP contribution is -2.42. The van der Waals surface area contributed by atoms with Crippen molar-refractivity contribution in [2.75, 3.05) is 13.2 Å². The van der Waals surface area contributed by atoms with Gasteiger partial charge >= 0.3 is 11.9 Å². The molecule has 0 saturated heterocycles. The van der Waals surface area contributed by atoms with Gasteiger partial charge in [-0.25, -0.2) is 9.59 Å². The highest BCUT2D eigenvalue weighted by Crippen LogP contribution is 2.16. The summed E-state index contributed by atoms with van der Waals surface area (Å²) < 4.78 is 0. The number of nitrogens with one attached hydrogen (secondary N) is 1. The van der Waals surface area contributed by atoms with Gasteiger partial charge in [0.1, 0.15) is 18.5 Å². The lowest BCUT2D eigenvalue weighted by molar-refractivity contribution is -0.134. The molecule has 0 bridgehead atoms. The Kier molecular flexibility index (Phi) is 11.2. The largest absolute Gasteiger partial charge is 0.507 e. The van der Waals surface area contributed by atoms with Crippen LogP contribution in [0.4, 0.5) is 0 Å². The fourth-order valence-corrected chi connectivity index (χ4v) is 1.67. The normalized spacial score (nSPS) is 12.8. The summed E-state index contributed by atoms with van der Waals surface area (Å²) >= 11 is 0. The summed E-state index contributed by atoms with van der Waals surface area (Å²) in [6.45, 7) is 8.38. The zero-order valence-electron chi connectivity index (χ0n) is 16.4. The van der Waals surface area contributed by atoms with Crippen LogP contribution in [0.1, 0.15) is 33.3 Å². The third-order valence-electron chi connectivity index (χ3n) is 3.00. The number of phenols is 1. The van der Waals surface area contributed by atoms with Crippen LogP contribution in [-0.2, 0) is 14.4 Å². The number of hydrogen-bond donors (Lipinski definition) is 5. The summed E-state index contributed by atoms with van der Waals surface area (Å²) in [7, 11) is 0. The maximum absolute atomic E-state index is 9.74. The van der Waals surface area contributed by atoms with Gasteiger partial charge in [-0.2, -0.15) is 0 Å². The highest BCUT2D eigenvalue weighted by molar-refractivity contribution is 6.00. The van der Waals surface area contributed by atoms with E-state index >= 15 is 0 Å². The Balaban J connectivity index is 0.000000769. The van der Waals surface area contributed by atoms with Crippen LogP contribution >= 0.6 is 0 Å². The first-order valence-corrected chi connectivity index (χ1v) is 8.44. The van der Waals surface area contributed by atoms with E-state index in [1.807, 2.05) is 26.8 Å². The van der Waals surface area contributed by atoms with Crippen LogP contribution in [0.5, 0.6) is 5.75 Å². The predicted molar refractivity (Wildman–Crippen MR) is 104 cm³/mol. The molecule has 0 radical (unpaired) electrons. The van der Waals surface area contributed by atoms with E-state index in [2.05, 4.69) is 10.5 Å². The van der Waals surface area contributed by atoms with Gasteiger partial charge in [-0.3, -0.25) is 0 Å². The number of nitrogens with zero attached hydrogens (tertiary/aromatic N) is 1. The maximum atomic E-state index is 9.74. The van der Waals surface area contributed by atoms with Gasteiger partial charge in [0.05, 0.1) is 5.71 Å². The lowest BCUT2D eigenvalue weighted by Gasteiger charge is -2.22. The van der Waals surface area contributed by atoms with Crippen LogP contribution in [0, 0.1) is 0 Å². The third kappa shape index (κ3) is 13.3. The number of β-amino-alcohol motifs (C(OH)–C–C–N with tert-alkyl or cyclic N) is 1. The van der Waals surface area contributed by atoms with Crippen LogP contribution in [-0.4, -0.2) is 62.9 Å². The number of aliphatic hydroxyl groups is 1. The molecule has 0 fully saturated rings. The van der Waals surface area contributed by atoms with Gasteiger partial charge in [0.2, 0.25) is 0 Å². The second-order valence-corrected chi connectivity index (χ2v) is 6.78. The minimum atomic E-state index is -1.26. The average Bonchev–Trinajstić information content (AvgIpc) is 2.58. The smallest absolute Gasteiger partial charge is 0.328 e. The van der Waals surface area contributed by atoms with Gasteiger partial charge in [-0.1, -0.05) is 17.3 Å². The second kappa shape index (κ2) is 12.5. The van der Waals surface area contributed by atoms with Gasteiger partial charge in [0.25, 0.3) is 0 Å². The Hall–Kier alpha value is -2.91. The summed E-state index contributed by atoms with van der Waals surface area (Å²) in [5, 5.41) is 42.1. The summed E-state index contributed by atoms with van der Waals surface area (Å²) in [6.07, 6.45) is 0.486. The Labute approximate surface area is 164 Å². The third-order valence-corrected chi connectivity index (χ3v) is 3.00. The molecular weight excluding hydrogens is 368 g/mol. The number of carbonyl (C=O) groups is 2. The number of carboxylic acids is 2. The van der Waals surface area contributed by atoms with Crippen molar-refractivity contribution in [2.45, 2.75) is 39.3 Å². The molecule has 0 aliphatic carbocycles. The number of rotatable bonds is 8.